The predicted octanol–water partition coefficient (Wildman–Crippen LogP) is 3.77. The highest BCUT2D eigenvalue weighted by Gasteiger charge is 2.23. The van der Waals surface area contributed by atoms with Crippen molar-refractivity contribution in [2.75, 3.05) is 24.3 Å². The molecule has 1 saturated carbocycles. The molecule has 1 aromatic carbocycles. The molecule has 0 atom stereocenters. The minimum absolute atomic E-state index is 0.00319. The fourth-order valence-electron chi connectivity index (χ4n) is 3.28. The van der Waals surface area contributed by atoms with Crippen LogP contribution in [0.15, 0.2) is 34.8 Å². The number of nitrogens with zero attached hydrogens (tertiary/aromatic N) is 3. The number of aryl methyl sites for hydroxylation is 1. The van der Waals surface area contributed by atoms with Gasteiger partial charge in [0.2, 0.25) is 5.95 Å². The standard InChI is InChI=1S/C20H26BrN5O/c1-13-12-18(26(2)3)25-20(22-13)24-17-10-8-16(9-11-17)23-19(27)14-4-6-15(21)7-5-14/h4-7,12,16-17H,8-11H2,1-3H3,(H,23,27)(H,22,24,25). The summed E-state index contributed by atoms with van der Waals surface area (Å²) in [5.41, 5.74) is 1.65. The van der Waals surface area contributed by atoms with Crippen molar-refractivity contribution in [1.29, 1.82) is 0 Å². The normalized spacial score (nSPS) is 19.4. The number of aromatic nitrogens is 2. The van der Waals surface area contributed by atoms with Crippen LogP contribution in [0.25, 0.3) is 0 Å². The van der Waals surface area contributed by atoms with E-state index in [4.69, 9.17) is 0 Å². The minimum Gasteiger partial charge on any atom is -0.363 e. The van der Waals surface area contributed by atoms with E-state index in [-0.39, 0.29) is 11.9 Å². The van der Waals surface area contributed by atoms with Gasteiger partial charge in [-0.05, 0) is 56.9 Å². The molecule has 0 spiro atoms. The molecule has 0 unspecified atom stereocenters. The summed E-state index contributed by atoms with van der Waals surface area (Å²) in [4.78, 5) is 23.4. The Balaban J connectivity index is 1.52. The third kappa shape index (κ3) is 5.42. The largest absolute Gasteiger partial charge is 0.363 e. The number of nitrogens with one attached hydrogen (secondary N) is 2. The van der Waals surface area contributed by atoms with E-state index >= 15 is 0 Å². The van der Waals surface area contributed by atoms with Crippen molar-refractivity contribution in [3.8, 4) is 0 Å². The van der Waals surface area contributed by atoms with Gasteiger partial charge in [0.1, 0.15) is 5.82 Å². The zero-order chi connectivity index (χ0) is 19.4. The van der Waals surface area contributed by atoms with Crippen LogP contribution in [0.5, 0.6) is 0 Å². The molecule has 3 rings (SSSR count). The molecule has 6 nitrogen and oxygen atoms in total. The van der Waals surface area contributed by atoms with Crippen LogP contribution in [0.3, 0.4) is 0 Å². The molecule has 1 aliphatic rings. The van der Waals surface area contributed by atoms with E-state index in [1.54, 1.807) is 0 Å². The Morgan fingerprint density at radius 3 is 2.33 bits per heavy atom. The number of rotatable bonds is 5. The first-order valence-corrected chi connectivity index (χ1v) is 10.1. The Morgan fingerprint density at radius 2 is 1.70 bits per heavy atom. The average Bonchev–Trinajstić information content (AvgIpc) is 2.63. The second-order valence-electron chi connectivity index (χ2n) is 7.26. The Hall–Kier alpha value is -2.15. The molecule has 1 aliphatic carbocycles. The molecule has 2 aromatic rings. The molecule has 27 heavy (non-hydrogen) atoms. The first-order chi connectivity index (χ1) is 12.9. The Labute approximate surface area is 168 Å². The molecule has 0 bridgehead atoms. The smallest absolute Gasteiger partial charge is 0.251 e. The highest BCUT2D eigenvalue weighted by atomic mass is 79.9. The van der Waals surface area contributed by atoms with Crippen molar-refractivity contribution in [3.05, 3.63) is 46.1 Å². The highest BCUT2D eigenvalue weighted by Crippen LogP contribution is 2.23. The van der Waals surface area contributed by atoms with Gasteiger partial charge in [0.25, 0.3) is 5.91 Å². The van der Waals surface area contributed by atoms with Crippen LogP contribution in [0, 0.1) is 6.92 Å². The van der Waals surface area contributed by atoms with Crippen molar-refractivity contribution in [2.24, 2.45) is 0 Å². The van der Waals surface area contributed by atoms with Crippen LogP contribution in [0.4, 0.5) is 11.8 Å². The van der Waals surface area contributed by atoms with Gasteiger partial charge in [-0.1, -0.05) is 15.9 Å². The first kappa shape index (κ1) is 19.6. The van der Waals surface area contributed by atoms with E-state index in [0.29, 0.717) is 17.6 Å². The number of amides is 1. The summed E-state index contributed by atoms with van der Waals surface area (Å²) in [7, 11) is 3.95. The summed E-state index contributed by atoms with van der Waals surface area (Å²) in [6, 6.07) is 9.98. The fourth-order valence-corrected chi connectivity index (χ4v) is 3.54. The van der Waals surface area contributed by atoms with E-state index in [1.165, 1.54) is 0 Å². The van der Waals surface area contributed by atoms with E-state index in [9.17, 15) is 4.79 Å². The van der Waals surface area contributed by atoms with Gasteiger partial charge in [0.05, 0.1) is 0 Å². The van der Waals surface area contributed by atoms with Gasteiger partial charge in [-0.2, -0.15) is 4.98 Å². The molecule has 1 amide bonds. The zero-order valence-electron chi connectivity index (χ0n) is 16.0. The maximum atomic E-state index is 12.4. The second-order valence-corrected chi connectivity index (χ2v) is 8.17. The molecule has 1 aromatic heterocycles. The van der Waals surface area contributed by atoms with Crippen molar-refractivity contribution < 1.29 is 4.79 Å². The van der Waals surface area contributed by atoms with Gasteiger partial charge in [-0.3, -0.25) is 4.79 Å². The number of carbonyl (C=O) groups is 1. The lowest BCUT2D eigenvalue weighted by molar-refractivity contribution is 0.0926. The molecular formula is C20H26BrN5O. The quantitative estimate of drug-likeness (QED) is 0.753. The van der Waals surface area contributed by atoms with E-state index in [2.05, 4.69) is 36.5 Å². The summed E-state index contributed by atoms with van der Waals surface area (Å²) < 4.78 is 0.974. The second kappa shape index (κ2) is 8.69. The summed E-state index contributed by atoms with van der Waals surface area (Å²) in [6.45, 7) is 1.98. The lowest BCUT2D eigenvalue weighted by Gasteiger charge is -2.30. The van der Waals surface area contributed by atoms with Crippen molar-refractivity contribution in [1.82, 2.24) is 15.3 Å². The Morgan fingerprint density at radius 1 is 1.07 bits per heavy atom. The van der Waals surface area contributed by atoms with Crippen LogP contribution in [-0.2, 0) is 0 Å². The molecule has 7 heteroatoms. The van der Waals surface area contributed by atoms with E-state index in [1.807, 2.05) is 56.3 Å². The van der Waals surface area contributed by atoms with Gasteiger partial charge >= 0.3 is 0 Å². The number of anilines is 2. The van der Waals surface area contributed by atoms with Crippen LogP contribution < -0.4 is 15.5 Å². The molecular weight excluding hydrogens is 406 g/mol. The Bertz CT molecular complexity index is 785. The predicted molar refractivity (Wildman–Crippen MR) is 112 cm³/mol. The number of benzene rings is 1. The summed E-state index contributed by atoms with van der Waals surface area (Å²) in [5, 5.41) is 6.61. The highest BCUT2D eigenvalue weighted by molar-refractivity contribution is 9.10. The molecule has 1 heterocycles. The lowest BCUT2D eigenvalue weighted by Crippen LogP contribution is -2.40. The SMILES string of the molecule is Cc1cc(N(C)C)nc(NC2CCC(NC(=O)c3ccc(Br)cc3)CC2)n1. The van der Waals surface area contributed by atoms with Gasteiger partial charge < -0.3 is 15.5 Å². The molecule has 1 fully saturated rings. The van der Waals surface area contributed by atoms with Crippen LogP contribution in [0.1, 0.15) is 41.7 Å². The summed E-state index contributed by atoms with van der Waals surface area (Å²) in [6.07, 6.45) is 3.87. The molecule has 0 aliphatic heterocycles. The monoisotopic (exact) mass is 431 g/mol. The van der Waals surface area contributed by atoms with E-state index < -0.39 is 0 Å². The molecule has 2 N–H and O–H groups in total. The minimum atomic E-state index is -0.00319. The van der Waals surface area contributed by atoms with Gasteiger partial charge in [-0.25, -0.2) is 4.98 Å². The molecule has 0 radical (unpaired) electrons. The van der Waals surface area contributed by atoms with Crippen LogP contribution in [-0.4, -0.2) is 42.1 Å². The fraction of sp³-hybridized carbons (Fsp3) is 0.450. The molecule has 0 saturated heterocycles. The lowest BCUT2D eigenvalue weighted by atomic mass is 9.91. The van der Waals surface area contributed by atoms with Crippen LogP contribution in [0.2, 0.25) is 0 Å². The first-order valence-electron chi connectivity index (χ1n) is 9.26. The zero-order valence-corrected chi connectivity index (χ0v) is 17.6. The maximum absolute atomic E-state index is 12.4. The maximum Gasteiger partial charge on any atom is 0.251 e. The van der Waals surface area contributed by atoms with Crippen LogP contribution >= 0.6 is 15.9 Å². The third-order valence-corrected chi connectivity index (χ3v) is 5.33. The number of carbonyl (C=O) groups excluding carboxylic acids is 1. The number of halogens is 1. The van der Waals surface area contributed by atoms with Crippen molar-refractivity contribution in [3.63, 3.8) is 0 Å². The third-order valence-electron chi connectivity index (χ3n) is 4.80. The number of hydrogen-bond acceptors (Lipinski definition) is 5. The van der Waals surface area contributed by atoms with E-state index in [0.717, 1.165) is 41.7 Å². The van der Waals surface area contributed by atoms with Gasteiger partial charge in [-0.15, -0.1) is 0 Å². The summed E-state index contributed by atoms with van der Waals surface area (Å²) >= 11 is 3.39. The van der Waals surface area contributed by atoms with Crippen molar-refractivity contribution >= 4 is 33.6 Å². The van der Waals surface area contributed by atoms with Gasteiger partial charge in [0.15, 0.2) is 0 Å². The topological polar surface area (TPSA) is 70.2 Å². The molecule has 144 valence electrons. The van der Waals surface area contributed by atoms with Crippen molar-refractivity contribution in [2.45, 2.75) is 44.7 Å². The van der Waals surface area contributed by atoms with Gasteiger partial charge in [0, 0.05) is 48.0 Å². The number of hydrogen-bond donors (Lipinski definition) is 2. The Kier molecular flexibility index (Phi) is 6.31. The average molecular weight is 432 g/mol. The summed E-state index contributed by atoms with van der Waals surface area (Å²) in [5.74, 6) is 1.58.